The van der Waals surface area contributed by atoms with Crippen molar-refractivity contribution < 1.29 is 28.9 Å². The average molecular weight is 535 g/mol. The molecule has 0 aliphatic carbocycles. The lowest BCUT2D eigenvalue weighted by Gasteiger charge is -2.31. The Bertz CT molecular complexity index is 1250. The summed E-state index contributed by atoms with van der Waals surface area (Å²) < 4.78 is 17.3. The molecule has 2 atom stereocenters. The van der Waals surface area contributed by atoms with Crippen molar-refractivity contribution in [1.29, 1.82) is 0 Å². The highest BCUT2D eigenvalue weighted by Gasteiger charge is 2.46. The minimum Gasteiger partial charge on any atom is -0.507 e. The molecule has 2 aromatic rings. The Morgan fingerprint density at radius 2 is 1.90 bits per heavy atom. The van der Waals surface area contributed by atoms with E-state index in [1.54, 1.807) is 11.0 Å². The van der Waals surface area contributed by atoms with Crippen molar-refractivity contribution in [1.82, 2.24) is 9.80 Å². The smallest absolute Gasteiger partial charge is 0.295 e. The van der Waals surface area contributed by atoms with E-state index < -0.39 is 17.7 Å². The second-order valence-corrected chi connectivity index (χ2v) is 11.0. The number of carbonyl (C=O) groups excluding carboxylic acids is 2. The van der Waals surface area contributed by atoms with Gasteiger partial charge in [0.05, 0.1) is 31.4 Å². The fourth-order valence-corrected chi connectivity index (χ4v) is 5.44. The van der Waals surface area contributed by atoms with Crippen LogP contribution in [0.4, 0.5) is 0 Å². The van der Waals surface area contributed by atoms with Crippen LogP contribution < -0.4 is 9.47 Å². The molecule has 2 fully saturated rings. The van der Waals surface area contributed by atoms with Crippen LogP contribution in [0.2, 0.25) is 0 Å². The Kier molecular flexibility index (Phi) is 8.23. The number of likely N-dealkylation sites (tertiary alicyclic amines) is 1. The van der Waals surface area contributed by atoms with Crippen LogP contribution in [0.1, 0.15) is 49.9 Å². The highest BCUT2D eigenvalue weighted by molar-refractivity contribution is 6.46. The minimum atomic E-state index is -0.719. The molecule has 3 aliphatic heterocycles. The number of rotatable bonds is 9. The molecule has 0 saturated carbocycles. The maximum Gasteiger partial charge on any atom is 0.295 e. The van der Waals surface area contributed by atoms with Gasteiger partial charge in [-0.15, -0.1) is 0 Å². The molecule has 0 radical (unpaired) electrons. The Balaban J connectivity index is 1.50. The summed E-state index contributed by atoms with van der Waals surface area (Å²) in [6.45, 7) is 10.7. The van der Waals surface area contributed by atoms with Crippen molar-refractivity contribution in [2.75, 3.05) is 46.0 Å². The largest absolute Gasteiger partial charge is 0.507 e. The van der Waals surface area contributed by atoms with Gasteiger partial charge in [-0.25, -0.2) is 0 Å². The molecule has 0 aromatic heterocycles. The molecule has 3 aliphatic rings. The molecule has 0 unspecified atom stereocenters. The predicted molar refractivity (Wildman–Crippen MR) is 148 cm³/mol. The monoisotopic (exact) mass is 534 g/mol. The molecule has 1 amide bonds. The van der Waals surface area contributed by atoms with Crippen LogP contribution >= 0.6 is 0 Å². The van der Waals surface area contributed by atoms with E-state index in [0.717, 1.165) is 42.8 Å². The first kappa shape index (κ1) is 27.2. The summed E-state index contributed by atoms with van der Waals surface area (Å²) in [4.78, 5) is 30.7. The Morgan fingerprint density at radius 1 is 1.10 bits per heavy atom. The summed E-state index contributed by atoms with van der Waals surface area (Å²) >= 11 is 0. The van der Waals surface area contributed by atoms with Gasteiger partial charge in [0.25, 0.3) is 11.7 Å². The summed E-state index contributed by atoms with van der Waals surface area (Å²) in [5, 5.41) is 11.5. The van der Waals surface area contributed by atoms with Gasteiger partial charge in [0.1, 0.15) is 23.4 Å². The van der Waals surface area contributed by atoms with E-state index in [0.29, 0.717) is 50.1 Å². The summed E-state index contributed by atoms with van der Waals surface area (Å²) in [6.07, 6.45) is 1.70. The minimum absolute atomic E-state index is 0.0570. The van der Waals surface area contributed by atoms with Crippen LogP contribution in [0.25, 0.3) is 5.76 Å². The molecule has 0 spiro atoms. The van der Waals surface area contributed by atoms with Crippen molar-refractivity contribution in [2.24, 2.45) is 5.92 Å². The molecule has 8 heteroatoms. The molecule has 1 N–H and O–H groups in total. The summed E-state index contributed by atoms with van der Waals surface area (Å²) in [5.41, 5.74) is 2.32. The highest BCUT2D eigenvalue weighted by atomic mass is 16.5. The van der Waals surface area contributed by atoms with Gasteiger partial charge in [-0.1, -0.05) is 26.0 Å². The predicted octanol–water partition coefficient (Wildman–Crippen LogP) is 4.19. The number of morpholine rings is 1. The number of ketones is 1. The zero-order chi connectivity index (χ0) is 27.5. The maximum absolute atomic E-state index is 13.5. The fraction of sp³-hybridized carbons (Fsp3) is 0.484. The molecule has 8 nitrogen and oxygen atoms in total. The van der Waals surface area contributed by atoms with Crippen LogP contribution in [0.5, 0.6) is 11.5 Å². The van der Waals surface area contributed by atoms with Crippen molar-refractivity contribution in [2.45, 2.75) is 45.8 Å². The van der Waals surface area contributed by atoms with Crippen molar-refractivity contribution >= 4 is 17.4 Å². The number of aliphatic hydroxyl groups is 1. The fourth-order valence-electron chi connectivity index (χ4n) is 5.44. The van der Waals surface area contributed by atoms with Gasteiger partial charge in [0.15, 0.2) is 0 Å². The van der Waals surface area contributed by atoms with Gasteiger partial charge in [-0.2, -0.15) is 0 Å². The standard InChI is InChI=1S/C31H38N2O6/c1-20(2)9-14-38-25-6-4-5-22(19-25)28-27(29(34)23-7-8-26-24(18-23)17-21(3)39-26)30(35)31(36)33(28)11-10-32-12-15-37-16-13-32/h4-8,18-21,28,34H,9-17H2,1-3H3/t21-,28+/m1/s1. The van der Waals surface area contributed by atoms with E-state index in [1.165, 1.54) is 0 Å². The SMILES string of the molecule is CC(C)CCOc1cccc([C@H]2C(=C(O)c3ccc4c(c3)C[C@@H](C)O4)C(=O)C(=O)N2CCN2CCOCC2)c1. The van der Waals surface area contributed by atoms with Gasteiger partial charge >= 0.3 is 0 Å². The summed E-state index contributed by atoms with van der Waals surface area (Å²) in [5.74, 6) is 0.542. The quantitative estimate of drug-likeness (QED) is 0.293. The van der Waals surface area contributed by atoms with E-state index in [-0.39, 0.29) is 17.4 Å². The van der Waals surface area contributed by atoms with Gasteiger partial charge < -0.3 is 24.2 Å². The van der Waals surface area contributed by atoms with Crippen LogP contribution in [0.15, 0.2) is 48.0 Å². The number of ether oxygens (including phenoxy) is 3. The molecular weight excluding hydrogens is 496 g/mol. The number of Topliss-reactive ketones (excluding diaryl/α,β-unsaturated/α-hetero) is 1. The lowest BCUT2D eigenvalue weighted by molar-refractivity contribution is -0.140. The highest BCUT2D eigenvalue weighted by Crippen LogP contribution is 2.41. The van der Waals surface area contributed by atoms with Gasteiger partial charge in [0.2, 0.25) is 0 Å². The number of aliphatic hydroxyl groups excluding tert-OH is 1. The number of carbonyl (C=O) groups is 2. The van der Waals surface area contributed by atoms with E-state index in [2.05, 4.69) is 18.7 Å². The van der Waals surface area contributed by atoms with Gasteiger partial charge in [0, 0.05) is 38.2 Å². The van der Waals surface area contributed by atoms with Crippen LogP contribution in [0, 0.1) is 5.92 Å². The number of hydrogen-bond acceptors (Lipinski definition) is 7. The van der Waals surface area contributed by atoms with E-state index in [9.17, 15) is 14.7 Å². The first-order chi connectivity index (χ1) is 18.8. The normalized spacial score (nSPS) is 22.8. The van der Waals surface area contributed by atoms with Crippen LogP contribution in [-0.2, 0) is 20.7 Å². The Morgan fingerprint density at radius 3 is 2.67 bits per heavy atom. The van der Waals surface area contributed by atoms with Gasteiger partial charge in [-0.05, 0) is 60.7 Å². The molecule has 2 aromatic carbocycles. The van der Waals surface area contributed by atoms with E-state index >= 15 is 0 Å². The summed E-state index contributed by atoms with van der Waals surface area (Å²) in [7, 11) is 0. The second kappa shape index (κ2) is 11.8. The van der Waals surface area contributed by atoms with Crippen LogP contribution in [-0.4, -0.2) is 78.7 Å². The Labute approximate surface area is 230 Å². The molecule has 2 saturated heterocycles. The molecule has 3 heterocycles. The van der Waals surface area contributed by atoms with Crippen molar-refractivity contribution in [3.05, 3.63) is 64.7 Å². The topological polar surface area (TPSA) is 88.5 Å². The molecule has 39 heavy (non-hydrogen) atoms. The Hall–Kier alpha value is -3.36. The first-order valence-corrected chi connectivity index (χ1v) is 13.9. The third-order valence-corrected chi connectivity index (χ3v) is 7.61. The number of nitrogens with zero attached hydrogens (tertiary/aromatic N) is 2. The van der Waals surface area contributed by atoms with Gasteiger partial charge in [-0.3, -0.25) is 14.5 Å². The number of benzene rings is 2. The summed E-state index contributed by atoms with van der Waals surface area (Å²) in [6, 6.07) is 12.2. The zero-order valence-electron chi connectivity index (χ0n) is 23.0. The maximum atomic E-state index is 13.5. The first-order valence-electron chi connectivity index (χ1n) is 13.9. The number of fused-ring (bicyclic) bond motifs is 1. The number of amides is 1. The van der Waals surface area contributed by atoms with E-state index in [4.69, 9.17) is 14.2 Å². The van der Waals surface area contributed by atoms with Crippen LogP contribution in [0.3, 0.4) is 0 Å². The van der Waals surface area contributed by atoms with Crippen molar-refractivity contribution in [3.63, 3.8) is 0 Å². The lowest BCUT2D eigenvalue weighted by atomic mass is 9.94. The molecule has 208 valence electrons. The number of hydrogen-bond donors (Lipinski definition) is 1. The third kappa shape index (κ3) is 5.97. The second-order valence-electron chi connectivity index (χ2n) is 11.0. The van der Waals surface area contributed by atoms with E-state index in [1.807, 2.05) is 43.3 Å². The zero-order valence-corrected chi connectivity index (χ0v) is 23.0. The lowest BCUT2D eigenvalue weighted by Crippen LogP contribution is -2.42. The third-order valence-electron chi connectivity index (χ3n) is 7.61. The van der Waals surface area contributed by atoms with Crippen molar-refractivity contribution in [3.8, 4) is 11.5 Å². The average Bonchev–Trinajstić information content (AvgIpc) is 3.42. The molecule has 0 bridgehead atoms. The molecular formula is C31H38N2O6. The molecule has 5 rings (SSSR count).